The summed E-state index contributed by atoms with van der Waals surface area (Å²) in [7, 11) is 3.32. The summed E-state index contributed by atoms with van der Waals surface area (Å²) in [6.07, 6.45) is 0.264. The van der Waals surface area contributed by atoms with Gasteiger partial charge in [0.05, 0.1) is 18.8 Å². The van der Waals surface area contributed by atoms with Crippen molar-refractivity contribution in [1.29, 1.82) is 0 Å². The number of carbonyl (C=O) groups is 3. The van der Waals surface area contributed by atoms with E-state index in [0.29, 0.717) is 36.4 Å². The van der Waals surface area contributed by atoms with Gasteiger partial charge >= 0.3 is 5.97 Å². The molecular weight excluding hydrogens is 682 g/mol. The number of ether oxygens (including phenoxy) is 2. The topological polar surface area (TPSA) is 129 Å². The molecule has 2 amide bonds. The molecule has 2 aliphatic rings. The number of hydrogen-bond donors (Lipinski definition) is 3. The van der Waals surface area contributed by atoms with Crippen LogP contribution in [0.5, 0.6) is 17.2 Å². The minimum atomic E-state index is -1.15. The van der Waals surface area contributed by atoms with Gasteiger partial charge in [-0.25, -0.2) is 4.79 Å². The van der Waals surface area contributed by atoms with Crippen LogP contribution in [0, 0.1) is 0 Å². The summed E-state index contributed by atoms with van der Waals surface area (Å²) in [5, 5.41) is 23.0. The van der Waals surface area contributed by atoms with Crippen LogP contribution in [0.1, 0.15) is 53.3 Å². The molecule has 0 radical (unpaired) electrons. The number of benzene rings is 5. The Hall–Kier alpha value is -6.13. The zero-order chi connectivity index (χ0) is 37.9. The third-order valence-corrected chi connectivity index (χ3v) is 10.5. The third kappa shape index (κ3) is 7.38. The molecule has 4 atom stereocenters. The van der Waals surface area contributed by atoms with Crippen molar-refractivity contribution < 1.29 is 34.1 Å². The number of amides is 2. The van der Waals surface area contributed by atoms with Crippen LogP contribution in [-0.4, -0.2) is 59.1 Å². The Labute approximate surface area is 314 Å². The van der Waals surface area contributed by atoms with Gasteiger partial charge in [0, 0.05) is 31.6 Å². The van der Waals surface area contributed by atoms with E-state index in [4.69, 9.17) is 9.47 Å². The quantitative estimate of drug-likeness (QED) is 0.135. The Morgan fingerprint density at radius 3 is 2.20 bits per heavy atom. The van der Waals surface area contributed by atoms with Gasteiger partial charge in [-0.05, 0) is 82.6 Å². The first kappa shape index (κ1) is 36.2. The number of nitrogens with zero attached hydrogens (tertiary/aromatic N) is 2. The molecule has 7 rings (SSSR count). The smallest absolute Gasteiger partial charge is 0.326 e. The Morgan fingerprint density at radius 2 is 1.57 bits per heavy atom. The zero-order valence-electron chi connectivity index (χ0n) is 30.4. The van der Waals surface area contributed by atoms with Gasteiger partial charge in [-0.1, -0.05) is 85.8 Å². The number of rotatable bonds is 11. The SMILES string of the molecule is CC[C@@H](c1ccccc1)N1Cc2cc3c(cc2C[C@H]1C(=O)N[C@@H](Cc1ccc(-c2ccc(OC)cc2)cc1)C(=O)O)N(C)C(=O)[C@@H](c1ccc(O)cc1)O3. The minimum Gasteiger partial charge on any atom is -0.508 e. The number of aromatic hydroxyl groups is 1. The molecule has 5 aromatic rings. The highest BCUT2D eigenvalue weighted by Gasteiger charge is 2.40. The lowest BCUT2D eigenvalue weighted by molar-refractivity contribution is -0.143. The summed E-state index contributed by atoms with van der Waals surface area (Å²) in [5.74, 6) is -0.329. The first-order chi connectivity index (χ1) is 26.1. The van der Waals surface area contributed by atoms with Gasteiger partial charge in [0.25, 0.3) is 5.91 Å². The molecule has 5 aromatic carbocycles. The number of nitrogens with one attached hydrogen (secondary N) is 1. The van der Waals surface area contributed by atoms with Crippen LogP contribution in [0.15, 0.2) is 115 Å². The molecule has 0 saturated heterocycles. The number of likely N-dealkylation sites (N-methyl/N-ethyl adjacent to an activating group) is 1. The number of aliphatic carboxylic acids is 1. The van der Waals surface area contributed by atoms with Crippen LogP contribution in [0.3, 0.4) is 0 Å². The molecule has 0 fully saturated rings. The van der Waals surface area contributed by atoms with Gasteiger partial charge < -0.3 is 29.9 Å². The van der Waals surface area contributed by atoms with Crippen molar-refractivity contribution in [2.45, 2.75) is 57.0 Å². The van der Waals surface area contributed by atoms with E-state index in [1.54, 1.807) is 31.2 Å². The number of carbonyl (C=O) groups excluding carboxylic acids is 2. The maximum atomic E-state index is 14.4. The molecule has 54 heavy (non-hydrogen) atoms. The van der Waals surface area contributed by atoms with Crippen LogP contribution < -0.4 is 19.7 Å². The summed E-state index contributed by atoms with van der Waals surface area (Å²) in [6, 6.07) is 33.7. The molecule has 10 heteroatoms. The molecule has 0 unspecified atom stereocenters. The lowest BCUT2D eigenvalue weighted by atomic mass is 9.88. The first-order valence-corrected chi connectivity index (χ1v) is 18.1. The molecular formula is C44H43N3O7. The van der Waals surface area contributed by atoms with Gasteiger partial charge in [-0.2, -0.15) is 0 Å². The molecule has 2 heterocycles. The predicted molar refractivity (Wildman–Crippen MR) is 206 cm³/mol. The number of phenolic OH excluding ortho intramolecular Hbond substituents is 1. The first-order valence-electron chi connectivity index (χ1n) is 18.1. The summed E-state index contributed by atoms with van der Waals surface area (Å²) in [4.78, 5) is 44.2. The normalized spacial score (nSPS) is 17.8. The highest BCUT2D eigenvalue weighted by Crippen LogP contribution is 2.43. The van der Waals surface area contributed by atoms with Gasteiger partial charge in [0.1, 0.15) is 23.3 Å². The maximum absolute atomic E-state index is 14.4. The van der Waals surface area contributed by atoms with Crippen molar-refractivity contribution in [3.8, 4) is 28.4 Å². The average molecular weight is 726 g/mol. The van der Waals surface area contributed by atoms with Crippen LogP contribution in [0.2, 0.25) is 0 Å². The van der Waals surface area contributed by atoms with E-state index in [0.717, 1.165) is 39.1 Å². The van der Waals surface area contributed by atoms with Crippen molar-refractivity contribution >= 4 is 23.5 Å². The van der Waals surface area contributed by atoms with E-state index < -0.39 is 24.2 Å². The molecule has 276 valence electrons. The molecule has 0 saturated carbocycles. The molecule has 0 aliphatic carbocycles. The Morgan fingerprint density at radius 1 is 0.907 bits per heavy atom. The van der Waals surface area contributed by atoms with E-state index >= 15 is 0 Å². The van der Waals surface area contributed by atoms with Crippen molar-refractivity contribution in [2.24, 2.45) is 0 Å². The Bertz CT molecular complexity index is 2140. The van der Waals surface area contributed by atoms with Crippen LogP contribution in [-0.2, 0) is 33.8 Å². The number of carboxylic acids is 1. The third-order valence-electron chi connectivity index (χ3n) is 10.5. The number of anilines is 1. The highest BCUT2D eigenvalue weighted by atomic mass is 16.5. The van der Waals surface area contributed by atoms with E-state index in [9.17, 15) is 24.6 Å². The number of hydrogen-bond acceptors (Lipinski definition) is 7. The fraction of sp³-hybridized carbons (Fsp3) is 0.250. The van der Waals surface area contributed by atoms with Crippen molar-refractivity contribution in [2.75, 3.05) is 19.1 Å². The summed E-state index contributed by atoms with van der Waals surface area (Å²) >= 11 is 0. The molecule has 10 nitrogen and oxygen atoms in total. The lowest BCUT2D eigenvalue weighted by Crippen LogP contribution is -2.55. The second-order valence-corrected chi connectivity index (χ2v) is 13.8. The summed E-state index contributed by atoms with van der Waals surface area (Å²) in [5.41, 5.74) is 6.90. The number of methoxy groups -OCH3 is 1. The zero-order valence-corrected chi connectivity index (χ0v) is 30.4. The van der Waals surface area contributed by atoms with E-state index in [1.165, 1.54) is 12.1 Å². The van der Waals surface area contributed by atoms with Crippen LogP contribution >= 0.6 is 0 Å². The maximum Gasteiger partial charge on any atom is 0.326 e. The molecule has 3 N–H and O–H groups in total. The van der Waals surface area contributed by atoms with Crippen LogP contribution in [0.25, 0.3) is 11.1 Å². The summed E-state index contributed by atoms with van der Waals surface area (Å²) in [6.45, 7) is 2.49. The van der Waals surface area contributed by atoms with Crippen molar-refractivity contribution in [1.82, 2.24) is 10.2 Å². The number of carboxylic acid groups (broad SMARTS) is 1. The predicted octanol–water partition coefficient (Wildman–Crippen LogP) is 6.85. The number of phenols is 1. The fourth-order valence-electron chi connectivity index (χ4n) is 7.54. The molecule has 0 spiro atoms. The van der Waals surface area contributed by atoms with Gasteiger partial charge in [-0.15, -0.1) is 0 Å². The Kier molecular flexibility index (Phi) is 10.4. The standard InChI is InChI=1S/C44H43N3O7/c1-4-37(30-8-6-5-7-9-30)47-26-33-25-40-38(46(2)43(50)41(54-40)31-14-18-34(48)19-15-31)23-32(33)24-39(47)42(49)45-36(44(51)52)22-27-10-12-28(13-11-27)29-16-20-35(53-3)21-17-29/h5-21,23,25,36-37,39,41,48H,4,22,24,26H2,1-3H3,(H,45,49)(H,51,52)/t36-,37-,39-,41+/m0/s1. The average Bonchev–Trinajstić information content (AvgIpc) is 3.19. The van der Waals surface area contributed by atoms with Gasteiger partial charge in [0.2, 0.25) is 12.0 Å². The van der Waals surface area contributed by atoms with E-state index in [1.807, 2.05) is 91.0 Å². The van der Waals surface area contributed by atoms with E-state index in [-0.39, 0.29) is 30.0 Å². The summed E-state index contributed by atoms with van der Waals surface area (Å²) < 4.78 is 11.6. The van der Waals surface area contributed by atoms with Gasteiger partial charge in [-0.3, -0.25) is 14.5 Å². The van der Waals surface area contributed by atoms with Gasteiger partial charge in [0.15, 0.2) is 0 Å². The minimum absolute atomic E-state index is 0.0986. The largest absolute Gasteiger partial charge is 0.508 e. The van der Waals surface area contributed by atoms with Crippen molar-refractivity contribution in [3.63, 3.8) is 0 Å². The molecule has 0 bridgehead atoms. The number of fused-ring (bicyclic) bond motifs is 2. The second kappa shape index (κ2) is 15.5. The molecule has 0 aromatic heterocycles. The fourth-order valence-corrected chi connectivity index (χ4v) is 7.54. The second-order valence-electron chi connectivity index (χ2n) is 13.8. The van der Waals surface area contributed by atoms with E-state index in [2.05, 4.69) is 17.1 Å². The van der Waals surface area contributed by atoms with Crippen molar-refractivity contribution in [3.05, 3.63) is 143 Å². The lowest BCUT2D eigenvalue weighted by Gasteiger charge is -2.42. The Balaban J connectivity index is 1.16. The monoisotopic (exact) mass is 725 g/mol. The molecule has 2 aliphatic heterocycles. The highest BCUT2D eigenvalue weighted by molar-refractivity contribution is 6.00. The van der Waals surface area contributed by atoms with Crippen LogP contribution in [0.4, 0.5) is 5.69 Å².